The first kappa shape index (κ1) is 25.7. The zero-order chi connectivity index (χ0) is 26.2. The summed E-state index contributed by atoms with van der Waals surface area (Å²) in [5.41, 5.74) is 2.78. The molecule has 0 spiro atoms. The molecule has 2 fully saturated rings. The van der Waals surface area contributed by atoms with Crippen LogP contribution in [0.3, 0.4) is 0 Å². The van der Waals surface area contributed by atoms with Crippen molar-refractivity contribution in [2.45, 2.75) is 18.9 Å². The maximum Gasteiger partial charge on any atom is 0.248 e. The van der Waals surface area contributed by atoms with E-state index in [0.29, 0.717) is 49.1 Å². The van der Waals surface area contributed by atoms with Crippen LogP contribution >= 0.6 is 0 Å². The average Bonchev–Trinajstić information content (AvgIpc) is 3.30. The van der Waals surface area contributed by atoms with Crippen molar-refractivity contribution in [2.75, 3.05) is 56.7 Å². The largest absolute Gasteiger partial charge is 0.486 e. The second-order valence-corrected chi connectivity index (χ2v) is 9.20. The van der Waals surface area contributed by atoms with E-state index in [2.05, 4.69) is 31.4 Å². The fourth-order valence-electron chi connectivity index (χ4n) is 4.45. The van der Waals surface area contributed by atoms with Crippen molar-refractivity contribution in [1.82, 2.24) is 14.9 Å². The van der Waals surface area contributed by atoms with E-state index in [1.807, 2.05) is 42.5 Å². The standard InChI is InChI=1S/C29H31N5O4/c1-2-21-6-3-7-22(16-21)32-29-24-17-26(33-28(35)8-4-10-34-11-5-13-36-15-12-34)27(18-25(24)30-20-31-29)38-23-9-14-37-19-23/h1,3-4,6-8,16-18,20,23H,5,9-15,19H2,(H,33,35)(H,30,31,32)/b8-4+/t23-/m0/s1. The molecule has 0 bridgehead atoms. The number of anilines is 3. The third kappa shape index (κ3) is 6.66. The van der Waals surface area contributed by atoms with Crippen LogP contribution in [0.4, 0.5) is 17.2 Å². The van der Waals surface area contributed by atoms with Crippen LogP contribution in [0, 0.1) is 12.3 Å². The smallest absolute Gasteiger partial charge is 0.248 e. The number of ether oxygens (including phenoxy) is 3. The third-order valence-corrected chi connectivity index (χ3v) is 6.42. The number of hydrogen-bond acceptors (Lipinski definition) is 8. The van der Waals surface area contributed by atoms with Gasteiger partial charge in [-0.05, 0) is 30.7 Å². The molecule has 2 aromatic carbocycles. The number of hydrogen-bond donors (Lipinski definition) is 2. The third-order valence-electron chi connectivity index (χ3n) is 6.42. The van der Waals surface area contributed by atoms with Gasteiger partial charge in [0.2, 0.25) is 5.91 Å². The van der Waals surface area contributed by atoms with Crippen LogP contribution in [0.5, 0.6) is 5.75 Å². The van der Waals surface area contributed by atoms with Gasteiger partial charge in [0.15, 0.2) is 0 Å². The summed E-state index contributed by atoms with van der Waals surface area (Å²) in [5.74, 6) is 3.53. The Hall–Kier alpha value is -3.97. The fraction of sp³-hybridized carbons (Fsp3) is 0.345. The number of carbonyl (C=O) groups is 1. The minimum atomic E-state index is -0.240. The molecule has 1 atom stereocenters. The maximum atomic E-state index is 12.9. The molecule has 0 aliphatic carbocycles. The van der Waals surface area contributed by atoms with Gasteiger partial charge in [-0.15, -0.1) is 6.42 Å². The van der Waals surface area contributed by atoms with E-state index in [1.54, 1.807) is 6.08 Å². The van der Waals surface area contributed by atoms with Crippen molar-refractivity contribution in [3.63, 3.8) is 0 Å². The highest BCUT2D eigenvalue weighted by molar-refractivity contribution is 6.03. The molecule has 0 unspecified atom stereocenters. The van der Waals surface area contributed by atoms with E-state index >= 15 is 0 Å². The summed E-state index contributed by atoms with van der Waals surface area (Å²) in [7, 11) is 0. The van der Waals surface area contributed by atoms with Crippen molar-refractivity contribution in [1.29, 1.82) is 0 Å². The fourth-order valence-corrected chi connectivity index (χ4v) is 4.45. The Bertz CT molecular complexity index is 1340. The lowest BCUT2D eigenvalue weighted by atomic mass is 10.1. The van der Waals surface area contributed by atoms with E-state index in [-0.39, 0.29) is 12.0 Å². The predicted molar refractivity (Wildman–Crippen MR) is 147 cm³/mol. The molecule has 3 aromatic rings. The number of carbonyl (C=O) groups excluding carboxylic acids is 1. The normalized spacial score (nSPS) is 18.2. The highest BCUT2D eigenvalue weighted by atomic mass is 16.5. The van der Waals surface area contributed by atoms with Gasteiger partial charge in [-0.2, -0.15) is 0 Å². The van der Waals surface area contributed by atoms with Gasteiger partial charge in [-0.25, -0.2) is 9.97 Å². The Kier molecular flexibility index (Phi) is 8.46. The molecular formula is C29H31N5O4. The van der Waals surface area contributed by atoms with Crippen molar-refractivity contribution >= 4 is 34.0 Å². The molecule has 2 saturated heterocycles. The molecule has 0 saturated carbocycles. The molecule has 9 nitrogen and oxygen atoms in total. The van der Waals surface area contributed by atoms with Crippen molar-refractivity contribution in [2.24, 2.45) is 0 Å². The molecule has 1 amide bonds. The van der Waals surface area contributed by atoms with Crippen LogP contribution in [0.2, 0.25) is 0 Å². The van der Waals surface area contributed by atoms with Crippen LogP contribution in [0.15, 0.2) is 54.9 Å². The average molecular weight is 514 g/mol. The zero-order valence-electron chi connectivity index (χ0n) is 21.2. The van der Waals surface area contributed by atoms with Gasteiger partial charge in [-0.3, -0.25) is 9.69 Å². The number of nitrogens with zero attached hydrogens (tertiary/aromatic N) is 3. The Morgan fingerprint density at radius 1 is 1.18 bits per heavy atom. The summed E-state index contributed by atoms with van der Waals surface area (Å²) in [6, 6.07) is 11.2. The molecule has 1 aromatic heterocycles. The van der Waals surface area contributed by atoms with Crippen LogP contribution in [-0.4, -0.2) is 72.9 Å². The SMILES string of the molecule is C#Cc1cccc(Nc2ncnc3cc(O[C@H]4CCOC4)c(NC(=O)/C=C/CN4CCCOCC4)cc23)c1. The maximum absolute atomic E-state index is 12.9. The number of nitrogens with one attached hydrogen (secondary N) is 2. The molecule has 38 heavy (non-hydrogen) atoms. The molecule has 3 heterocycles. The van der Waals surface area contributed by atoms with E-state index in [9.17, 15) is 4.79 Å². The quantitative estimate of drug-likeness (QED) is 0.347. The Morgan fingerprint density at radius 3 is 3.00 bits per heavy atom. The second-order valence-electron chi connectivity index (χ2n) is 9.20. The van der Waals surface area contributed by atoms with Gasteiger partial charge in [-0.1, -0.05) is 18.1 Å². The first-order valence-electron chi connectivity index (χ1n) is 12.8. The highest BCUT2D eigenvalue weighted by Gasteiger charge is 2.21. The van der Waals surface area contributed by atoms with Gasteiger partial charge < -0.3 is 24.8 Å². The summed E-state index contributed by atoms with van der Waals surface area (Å²) in [4.78, 5) is 24.1. The van der Waals surface area contributed by atoms with Crippen molar-refractivity contribution in [3.05, 3.63) is 60.4 Å². The van der Waals surface area contributed by atoms with Crippen molar-refractivity contribution < 1.29 is 19.0 Å². The van der Waals surface area contributed by atoms with Gasteiger partial charge >= 0.3 is 0 Å². The van der Waals surface area contributed by atoms with Crippen LogP contribution in [-0.2, 0) is 14.3 Å². The Labute approximate surface area is 222 Å². The van der Waals surface area contributed by atoms with Crippen molar-refractivity contribution in [3.8, 4) is 18.1 Å². The molecule has 5 rings (SSSR count). The number of fused-ring (bicyclic) bond motifs is 1. The van der Waals surface area contributed by atoms with E-state index < -0.39 is 0 Å². The minimum absolute atomic E-state index is 0.0881. The van der Waals surface area contributed by atoms with Gasteiger partial charge in [0.25, 0.3) is 0 Å². The van der Waals surface area contributed by atoms with Crippen LogP contribution < -0.4 is 15.4 Å². The molecule has 9 heteroatoms. The van der Waals surface area contributed by atoms with E-state index in [4.69, 9.17) is 20.6 Å². The minimum Gasteiger partial charge on any atom is -0.486 e. The summed E-state index contributed by atoms with van der Waals surface area (Å²) >= 11 is 0. The number of benzene rings is 2. The number of terminal acetylenes is 1. The molecule has 196 valence electrons. The van der Waals surface area contributed by atoms with E-state index in [0.717, 1.165) is 49.2 Å². The first-order chi connectivity index (χ1) is 18.7. The predicted octanol–water partition coefficient (Wildman–Crippen LogP) is 3.74. The molecule has 2 N–H and O–H groups in total. The second kappa shape index (κ2) is 12.5. The van der Waals surface area contributed by atoms with Gasteiger partial charge in [0, 0.05) is 61.4 Å². The summed E-state index contributed by atoms with van der Waals surface area (Å²) in [6.45, 7) is 5.16. The Morgan fingerprint density at radius 2 is 2.13 bits per heavy atom. The lowest BCUT2D eigenvalue weighted by molar-refractivity contribution is -0.111. The van der Waals surface area contributed by atoms with Gasteiger partial charge in [0.1, 0.15) is 24.0 Å². The topological polar surface area (TPSA) is 97.8 Å². The number of aromatic nitrogens is 2. The number of amides is 1. The summed E-state index contributed by atoms with van der Waals surface area (Å²) < 4.78 is 17.2. The first-order valence-corrected chi connectivity index (χ1v) is 12.8. The summed E-state index contributed by atoms with van der Waals surface area (Å²) in [5, 5.41) is 7.05. The van der Waals surface area contributed by atoms with Crippen LogP contribution in [0.1, 0.15) is 18.4 Å². The van der Waals surface area contributed by atoms with Crippen LogP contribution in [0.25, 0.3) is 10.9 Å². The number of rotatable bonds is 8. The lowest BCUT2D eigenvalue weighted by Gasteiger charge is -2.18. The molecular weight excluding hydrogens is 482 g/mol. The van der Waals surface area contributed by atoms with Gasteiger partial charge in [0.05, 0.1) is 31.0 Å². The molecule has 0 radical (unpaired) electrons. The zero-order valence-corrected chi connectivity index (χ0v) is 21.2. The molecule has 2 aliphatic heterocycles. The molecule has 2 aliphatic rings. The highest BCUT2D eigenvalue weighted by Crippen LogP contribution is 2.34. The monoisotopic (exact) mass is 513 g/mol. The summed E-state index contributed by atoms with van der Waals surface area (Å²) in [6.07, 6.45) is 12.2. The Balaban J connectivity index is 1.39. The lowest BCUT2D eigenvalue weighted by Crippen LogP contribution is -2.26. The van der Waals surface area contributed by atoms with E-state index in [1.165, 1.54) is 6.33 Å².